The molecule has 0 aromatic heterocycles. The fraction of sp³-hybridized carbons (Fsp3) is 0. The first kappa shape index (κ1) is 14.0. The zero-order valence-electron chi connectivity index (χ0n) is 11.2. The summed E-state index contributed by atoms with van der Waals surface area (Å²) in [6.45, 7) is 0. The third kappa shape index (κ3) is 2.40. The molecule has 0 aliphatic carbocycles. The molecular weight excluding hydrogens is 347 g/mol. The van der Waals surface area contributed by atoms with E-state index in [0.717, 1.165) is 11.1 Å². The molecule has 4 aromatic carbocycles. The first-order valence-corrected chi connectivity index (χ1v) is 6.73. The average molecular weight is 359 g/mol. The molecule has 0 aliphatic rings. The molecule has 1 heteroatoms. The van der Waals surface area contributed by atoms with E-state index in [1.165, 1.54) is 21.5 Å². The van der Waals surface area contributed by atoms with Crippen LogP contribution in [0.4, 0.5) is 0 Å². The van der Waals surface area contributed by atoms with Crippen molar-refractivity contribution in [3.63, 3.8) is 0 Å². The number of hydrogen-bond donors (Lipinski definition) is 0. The fourth-order valence-electron chi connectivity index (χ4n) is 2.74. The molecule has 4 aromatic rings. The smallest absolute Gasteiger partial charge is 0.218 e. The summed E-state index contributed by atoms with van der Waals surface area (Å²) in [5.41, 5.74) is 2.25. The van der Waals surface area contributed by atoms with E-state index in [9.17, 15) is 0 Å². The van der Waals surface area contributed by atoms with E-state index in [1.54, 1.807) is 0 Å². The minimum absolute atomic E-state index is 0. The van der Waals surface area contributed by atoms with Crippen LogP contribution < -0.4 is 0 Å². The molecule has 0 spiro atoms. The Kier molecular flexibility index (Phi) is 3.88. The minimum atomic E-state index is 0. The number of benzene rings is 4. The van der Waals surface area contributed by atoms with Gasteiger partial charge >= 0.3 is 20.4 Å². The quantitative estimate of drug-likeness (QED) is 0.322. The topological polar surface area (TPSA) is 0 Å². The first-order chi connectivity index (χ1) is 9.93. The molecule has 0 saturated carbocycles. The summed E-state index contributed by atoms with van der Waals surface area (Å²) in [6.07, 6.45) is 0. The fourth-order valence-corrected chi connectivity index (χ4v) is 2.74. The van der Waals surface area contributed by atoms with Crippen LogP contribution in [0.15, 0.2) is 72.8 Å². The molecule has 0 heterocycles. The van der Waals surface area contributed by atoms with Crippen molar-refractivity contribution >= 4 is 21.5 Å². The number of hydrogen-bond acceptors (Lipinski definition) is 0. The van der Waals surface area contributed by atoms with Crippen LogP contribution in [0.25, 0.3) is 32.7 Å². The zero-order valence-corrected chi connectivity index (χ0v) is 12.8. The standard InChI is InChI=1S/C20H12.Pd/c1-3-11-17-15(7-1)9-5-13-19(17)20-14-6-10-16-8-2-4-12-18(16)20;/h1-12H;/q-2;+2. The molecule has 0 saturated heterocycles. The van der Waals surface area contributed by atoms with Gasteiger partial charge in [0, 0.05) is 0 Å². The van der Waals surface area contributed by atoms with Crippen LogP contribution in [0, 0.1) is 12.1 Å². The van der Waals surface area contributed by atoms with E-state index >= 15 is 0 Å². The Labute approximate surface area is 138 Å². The summed E-state index contributed by atoms with van der Waals surface area (Å²) in [6, 6.07) is 31.8. The van der Waals surface area contributed by atoms with Crippen molar-refractivity contribution in [1.82, 2.24) is 0 Å². The van der Waals surface area contributed by atoms with Crippen molar-refractivity contribution in [2.24, 2.45) is 0 Å². The van der Waals surface area contributed by atoms with Gasteiger partial charge in [-0.15, -0.1) is 45.8 Å². The monoisotopic (exact) mass is 358 g/mol. The molecule has 0 amide bonds. The second-order valence-corrected chi connectivity index (χ2v) is 4.88. The van der Waals surface area contributed by atoms with Crippen molar-refractivity contribution < 1.29 is 20.4 Å². The minimum Gasteiger partial charge on any atom is -0.218 e. The molecule has 0 unspecified atom stereocenters. The van der Waals surface area contributed by atoms with Gasteiger partial charge in [0.2, 0.25) is 0 Å². The van der Waals surface area contributed by atoms with Crippen LogP contribution >= 0.6 is 0 Å². The maximum atomic E-state index is 3.39. The summed E-state index contributed by atoms with van der Waals surface area (Å²) < 4.78 is 0. The SMILES string of the molecule is [Pd+2].[c-]1ccc2ccccc2c1-c1[c-]ccc2ccccc12. The van der Waals surface area contributed by atoms with Crippen molar-refractivity contribution in [3.05, 3.63) is 84.9 Å². The summed E-state index contributed by atoms with van der Waals surface area (Å²) in [5, 5.41) is 4.93. The molecule has 0 N–H and O–H groups in total. The maximum Gasteiger partial charge on any atom is 2.00 e. The summed E-state index contributed by atoms with van der Waals surface area (Å²) >= 11 is 0. The van der Waals surface area contributed by atoms with Crippen LogP contribution in [0.3, 0.4) is 0 Å². The van der Waals surface area contributed by atoms with Gasteiger partial charge in [-0.05, 0) is 0 Å². The molecule has 0 radical (unpaired) electrons. The third-order valence-corrected chi connectivity index (χ3v) is 3.69. The van der Waals surface area contributed by atoms with Crippen molar-refractivity contribution in [2.45, 2.75) is 0 Å². The van der Waals surface area contributed by atoms with E-state index in [4.69, 9.17) is 0 Å². The molecule has 0 atom stereocenters. The van der Waals surface area contributed by atoms with Gasteiger partial charge in [0.15, 0.2) is 0 Å². The van der Waals surface area contributed by atoms with Crippen molar-refractivity contribution in [2.75, 3.05) is 0 Å². The molecule has 102 valence electrons. The molecule has 4 rings (SSSR count). The second kappa shape index (κ2) is 5.82. The molecule has 0 nitrogen and oxygen atoms in total. The van der Waals surface area contributed by atoms with E-state index in [1.807, 2.05) is 12.1 Å². The molecule has 21 heavy (non-hydrogen) atoms. The summed E-state index contributed by atoms with van der Waals surface area (Å²) in [4.78, 5) is 0. The van der Waals surface area contributed by atoms with Gasteiger partial charge in [-0.3, -0.25) is 0 Å². The Morgan fingerprint density at radius 2 is 0.952 bits per heavy atom. The summed E-state index contributed by atoms with van der Waals surface area (Å²) in [5.74, 6) is 0. The van der Waals surface area contributed by atoms with Crippen LogP contribution in [0.1, 0.15) is 0 Å². The molecule has 0 bridgehead atoms. The van der Waals surface area contributed by atoms with Gasteiger partial charge < -0.3 is 0 Å². The first-order valence-electron chi connectivity index (χ1n) is 6.73. The normalized spacial score (nSPS) is 10.5. The number of rotatable bonds is 1. The van der Waals surface area contributed by atoms with Gasteiger partial charge in [-0.25, -0.2) is 11.1 Å². The largest absolute Gasteiger partial charge is 2.00 e. The van der Waals surface area contributed by atoms with Gasteiger partial charge in [0.25, 0.3) is 0 Å². The van der Waals surface area contributed by atoms with Crippen LogP contribution in [0.5, 0.6) is 0 Å². The Bertz CT molecular complexity index is 821. The maximum absolute atomic E-state index is 3.39. The Morgan fingerprint density at radius 3 is 1.43 bits per heavy atom. The van der Waals surface area contributed by atoms with Gasteiger partial charge in [-0.2, -0.15) is 24.3 Å². The van der Waals surface area contributed by atoms with Crippen molar-refractivity contribution in [1.29, 1.82) is 0 Å². The average Bonchev–Trinajstić information content (AvgIpc) is 2.54. The van der Waals surface area contributed by atoms with Crippen LogP contribution in [0.2, 0.25) is 0 Å². The number of fused-ring (bicyclic) bond motifs is 2. The van der Waals surface area contributed by atoms with E-state index < -0.39 is 0 Å². The van der Waals surface area contributed by atoms with Gasteiger partial charge in [0.05, 0.1) is 0 Å². The Balaban J connectivity index is 0.00000132. The van der Waals surface area contributed by atoms with Crippen LogP contribution in [-0.2, 0) is 20.4 Å². The van der Waals surface area contributed by atoms with E-state index in [0.29, 0.717) is 0 Å². The van der Waals surface area contributed by atoms with Gasteiger partial charge in [0.1, 0.15) is 0 Å². The zero-order chi connectivity index (χ0) is 13.4. The third-order valence-electron chi connectivity index (χ3n) is 3.69. The van der Waals surface area contributed by atoms with E-state index in [2.05, 4.69) is 72.8 Å². The van der Waals surface area contributed by atoms with E-state index in [-0.39, 0.29) is 20.4 Å². The Morgan fingerprint density at radius 1 is 0.524 bits per heavy atom. The van der Waals surface area contributed by atoms with Gasteiger partial charge in [-0.1, -0.05) is 36.4 Å². The second-order valence-electron chi connectivity index (χ2n) is 4.88. The molecular formula is C20H12Pd. The molecule has 0 fully saturated rings. The Hall–Kier alpha value is -1.94. The van der Waals surface area contributed by atoms with Crippen molar-refractivity contribution in [3.8, 4) is 11.1 Å². The molecule has 0 aliphatic heterocycles. The predicted molar refractivity (Wildman–Crippen MR) is 84.6 cm³/mol. The summed E-state index contributed by atoms with van der Waals surface area (Å²) in [7, 11) is 0. The van der Waals surface area contributed by atoms with Crippen LogP contribution in [-0.4, -0.2) is 0 Å². The predicted octanol–water partition coefficient (Wildman–Crippen LogP) is 5.26.